The Kier molecular flexibility index (Phi) is 1.62. The van der Waals surface area contributed by atoms with Crippen molar-refractivity contribution in [2.75, 3.05) is 19.9 Å². The molecule has 2 fully saturated rings. The lowest BCUT2D eigenvalue weighted by atomic mass is 9.86. The van der Waals surface area contributed by atoms with Gasteiger partial charge in [0.25, 0.3) is 0 Å². The topological polar surface area (TPSA) is 67.4 Å². The van der Waals surface area contributed by atoms with Gasteiger partial charge in [-0.05, 0) is 0 Å². The van der Waals surface area contributed by atoms with Gasteiger partial charge in [0, 0.05) is 13.0 Å². The van der Waals surface area contributed by atoms with Crippen LogP contribution in [0.2, 0.25) is 0 Å². The van der Waals surface area contributed by atoms with Gasteiger partial charge in [0.15, 0.2) is 0 Å². The third-order valence-electron chi connectivity index (χ3n) is 2.28. The van der Waals surface area contributed by atoms with E-state index in [1.807, 2.05) is 0 Å². The van der Waals surface area contributed by atoms with Crippen molar-refractivity contribution >= 4 is 11.8 Å². The third kappa shape index (κ3) is 1.02. The van der Waals surface area contributed by atoms with Crippen molar-refractivity contribution in [1.29, 1.82) is 0 Å². The van der Waals surface area contributed by atoms with E-state index >= 15 is 0 Å². The van der Waals surface area contributed by atoms with E-state index in [0.717, 1.165) is 0 Å². The van der Waals surface area contributed by atoms with E-state index < -0.39 is 5.41 Å². The summed E-state index contributed by atoms with van der Waals surface area (Å²) in [5.41, 5.74) is -0.630. The maximum atomic E-state index is 11.3. The van der Waals surface area contributed by atoms with Crippen LogP contribution in [0.5, 0.6) is 0 Å². The quantitative estimate of drug-likeness (QED) is 0.439. The average molecular weight is 170 g/mol. The van der Waals surface area contributed by atoms with Crippen LogP contribution in [0.25, 0.3) is 0 Å². The first-order valence-corrected chi connectivity index (χ1v) is 3.86. The SMILES string of the molecule is O=C1CC2(CNCOC2)C(=O)N1. The van der Waals surface area contributed by atoms with Gasteiger partial charge in [-0.15, -0.1) is 0 Å². The molecule has 5 nitrogen and oxygen atoms in total. The molecule has 12 heavy (non-hydrogen) atoms. The molecule has 0 aromatic heterocycles. The van der Waals surface area contributed by atoms with Crippen molar-refractivity contribution in [3.63, 3.8) is 0 Å². The van der Waals surface area contributed by atoms with Gasteiger partial charge in [-0.25, -0.2) is 0 Å². The maximum absolute atomic E-state index is 11.3. The molecule has 1 atom stereocenters. The Balaban J connectivity index is 2.18. The second kappa shape index (κ2) is 2.53. The van der Waals surface area contributed by atoms with Gasteiger partial charge >= 0.3 is 0 Å². The number of nitrogens with one attached hydrogen (secondary N) is 2. The standard InChI is InChI=1S/C7H10N2O3/c10-5-1-7(6(11)9-5)2-8-4-12-3-7/h8H,1-4H2,(H,9,10,11). The number of imide groups is 1. The van der Waals surface area contributed by atoms with Crippen molar-refractivity contribution in [3.8, 4) is 0 Å². The van der Waals surface area contributed by atoms with Gasteiger partial charge in [-0.3, -0.25) is 20.2 Å². The number of rotatable bonds is 0. The molecular weight excluding hydrogens is 160 g/mol. The monoisotopic (exact) mass is 170 g/mol. The molecule has 2 heterocycles. The zero-order valence-corrected chi connectivity index (χ0v) is 6.55. The summed E-state index contributed by atoms with van der Waals surface area (Å²) in [7, 11) is 0. The molecule has 66 valence electrons. The summed E-state index contributed by atoms with van der Waals surface area (Å²) in [6, 6.07) is 0. The van der Waals surface area contributed by atoms with Crippen molar-refractivity contribution in [2.24, 2.45) is 5.41 Å². The Bertz CT molecular complexity index is 233. The fourth-order valence-electron chi connectivity index (χ4n) is 1.61. The van der Waals surface area contributed by atoms with Crippen LogP contribution in [-0.2, 0) is 14.3 Å². The largest absolute Gasteiger partial charge is 0.365 e. The Hall–Kier alpha value is -0.940. The minimum atomic E-state index is -0.630. The van der Waals surface area contributed by atoms with E-state index in [4.69, 9.17) is 4.74 Å². The summed E-state index contributed by atoms with van der Waals surface area (Å²) >= 11 is 0. The minimum Gasteiger partial charge on any atom is -0.365 e. The molecule has 1 unspecified atom stereocenters. The first-order chi connectivity index (χ1) is 5.73. The first-order valence-electron chi connectivity index (χ1n) is 3.86. The maximum Gasteiger partial charge on any atom is 0.236 e. The number of carbonyl (C=O) groups is 2. The first kappa shape index (κ1) is 7.70. The highest BCUT2D eigenvalue weighted by Gasteiger charge is 2.47. The van der Waals surface area contributed by atoms with E-state index in [9.17, 15) is 9.59 Å². The van der Waals surface area contributed by atoms with Crippen LogP contribution < -0.4 is 10.6 Å². The fraction of sp³-hybridized carbons (Fsp3) is 0.714. The van der Waals surface area contributed by atoms with Gasteiger partial charge in [-0.1, -0.05) is 0 Å². The highest BCUT2D eigenvalue weighted by molar-refractivity contribution is 6.06. The molecule has 0 aromatic carbocycles. The highest BCUT2D eigenvalue weighted by atomic mass is 16.5. The van der Waals surface area contributed by atoms with Crippen molar-refractivity contribution in [3.05, 3.63) is 0 Å². The van der Waals surface area contributed by atoms with Gasteiger partial charge < -0.3 is 4.74 Å². The highest BCUT2D eigenvalue weighted by Crippen LogP contribution is 2.28. The fourth-order valence-corrected chi connectivity index (χ4v) is 1.61. The Labute approximate surface area is 69.5 Å². The number of hydrogen-bond donors (Lipinski definition) is 2. The van der Waals surface area contributed by atoms with Crippen LogP contribution in [0.1, 0.15) is 6.42 Å². The molecule has 2 amide bonds. The van der Waals surface area contributed by atoms with Gasteiger partial charge in [0.2, 0.25) is 11.8 Å². The van der Waals surface area contributed by atoms with Crippen LogP contribution in [0.4, 0.5) is 0 Å². The molecule has 0 saturated carbocycles. The molecular formula is C7H10N2O3. The lowest BCUT2D eigenvalue weighted by molar-refractivity contribution is -0.134. The number of hydrogen-bond acceptors (Lipinski definition) is 4. The zero-order valence-electron chi connectivity index (χ0n) is 6.55. The summed E-state index contributed by atoms with van der Waals surface area (Å²) < 4.78 is 5.10. The van der Waals surface area contributed by atoms with E-state index in [0.29, 0.717) is 19.9 Å². The van der Waals surface area contributed by atoms with E-state index in [-0.39, 0.29) is 18.2 Å². The molecule has 1 spiro atoms. The molecule has 0 bridgehead atoms. The molecule has 2 N–H and O–H groups in total. The van der Waals surface area contributed by atoms with Crippen molar-refractivity contribution < 1.29 is 14.3 Å². The zero-order chi connectivity index (χ0) is 8.60. The Morgan fingerprint density at radius 3 is 2.75 bits per heavy atom. The summed E-state index contributed by atoms with van der Waals surface area (Å²) in [6.07, 6.45) is 0.249. The molecule has 2 rings (SSSR count). The van der Waals surface area contributed by atoms with Crippen LogP contribution in [0.3, 0.4) is 0 Å². The lowest BCUT2D eigenvalue weighted by Gasteiger charge is -2.29. The average Bonchev–Trinajstić information content (AvgIpc) is 2.29. The predicted molar refractivity (Wildman–Crippen MR) is 39.0 cm³/mol. The van der Waals surface area contributed by atoms with Crippen LogP contribution in [-0.4, -0.2) is 31.7 Å². The Morgan fingerprint density at radius 1 is 1.42 bits per heavy atom. The van der Waals surface area contributed by atoms with Crippen LogP contribution in [0, 0.1) is 5.41 Å². The second-order valence-electron chi connectivity index (χ2n) is 3.25. The number of amides is 2. The van der Waals surface area contributed by atoms with E-state index in [2.05, 4.69) is 10.6 Å². The third-order valence-corrected chi connectivity index (χ3v) is 2.28. The molecule has 2 saturated heterocycles. The van der Waals surface area contributed by atoms with Crippen LogP contribution in [0.15, 0.2) is 0 Å². The summed E-state index contributed by atoms with van der Waals surface area (Å²) in [5, 5.41) is 5.21. The van der Waals surface area contributed by atoms with Gasteiger partial charge in [0.05, 0.1) is 18.8 Å². The van der Waals surface area contributed by atoms with E-state index in [1.165, 1.54) is 0 Å². The van der Waals surface area contributed by atoms with Gasteiger partial charge in [0.1, 0.15) is 0 Å². The molecule has 5 heteroatoms. The summed E-state index contributed by atoms with van der Waals surface area (Å²) in [5.74, 6) is -0.410. The van der Waals surface area contributed by atoms with Gasteiger partial charge in [-0.2, -0.15) is 0 Å². The number of ether oxygens (including phenoxy) is 1. The van der Waals surface area contributed by atoms with E-state index in [1.54, 1.807) is 0 Å². The lowest BCUT2D eigenvalue weighted by Crippen LogP contribution is -2.49. The summed E-state index contributed by atoms with van der Waals surface area (Å²) in [4.78, 5) is 22.2. The minimum absolute atomic E-state index is 0.202. The molecule has 0 aromatic rings. The normalized spacial score (nSPS) is 35.7. The van der Waals surface area contributed by atoms with Crippen molar-refractivity contribution in [1.82, 2.24) is 10.6 Å². The predicted octanol–water partition coefficient (Wildman–Crippen LogP) is -1.40. The molecule has 2 aliphatic rings. The molecule has 0 radical (unpaired) electrons. The molecule has 2 aliphatic heterocycles. The summed E-state index contributed by atoms with van der Waals surface area (Å²) in [6.45, 7) is 1.34. The number of carbonyl (C=O) groups excluding carboxylic acids is 2. The smallest absolute Gasteiger partial charge is 0.236 e. The second-order valence-corrected chi connectivity index (χ2v) is 3.25. The molecule has 0 aliphatic carbocycles. The Morgan fingerprint density at radius 2 is 2.25 bits per heavy atom. The van der Waals surface area contributed by atoms with Crippen molar-refractivity contribution in [2.45, 2.75) is 6.42 Å². The van der Waals surface area contributed by atoms with Crippen LogP contribution >= 0.6 is 0 Å².